The average Bonchev–Trinajstić information content (AvgIpc) is 3.08. The van der Waals surface area contributed by atoms with Crippen molar-refractivity contribution in [1.82, 2.24) is 14.3 Å². The third-order valence-corrected chi connectivity index (χ3v) is 7.15. The fraction of sp³-hybridized carbons (Fsp3) is 0.238. The van der Waals surface area contributed by atoms with Gasteiger partial charge in [0.2, 0.25) is 10.0 Å². The summed E-state index contributed by atoms with van der Waals surface area (Å²) in [6.45, 7) is 3.21. The van der Waals surface area contributed by atoms with Crippen molar-refractivity contribution in [3.8, 4) is 11.3 Å². The molecule has 0 fully saturated rings. The standard InChI is InChI=1S/C21H22N4O3S/c1-14(2)29(27,28)25-12-17-19(18(26)13-25)21(23-16-6-4-3-5-7-16)20(24-17)15-8-10-22-11-9-15/h3-11,14,23-24H,12-13H2,1-2H3. The summed E-state index contributed by atoms with van der Waals surface area (Å²) in [6.07, 6.45) is 3.36. The first-order valence-corrected chi connectivity index (χ1v) is 10.9. The first kappa shape index (κ1) is 19.4. The first-order valence-electron chi connectivity index (χ1n) is 9.37. The van der Waals surface area contributed by atoms with Gasteiger partial charge in [0.1, 0.15) is 0 Å². The molecule has 7 nitrogen and oxygen atoms in total. The smallest absolute Gasteiger partial charge is 0.217 e. The Balaban J connectivity index is 1.83. The molecule has 150 valence electrons. The van der Waals surface area contributed by atoms with E-state index in [4.69, 9.17) is 0 Å². The lowest BCUT2D eigenvalue weighted by Crippen LogP contribution is -2.42. The van der Waals surface area contributed by atoms with Crippen molar-refractivity contribution in [2.75, 3.05) is 11.9 Å². The van der Waals surface area contributed by atoms with Gasteiger partial charge in [-0.05, 0) is 38.1 Å². The summed E-state index contributed by atoms with van der Waals surface area (Å²) in [5.41, 5.74) is 4.20. The number of pyridine rings is 1. The first-order chi connectivity index (χ1) is 13.9. The Morgan fingerprint density at radius 1 is 1.07 bits per heavy atom. The largest absolute Gasteiger partial charge is 0.355 e. The maximum Gasteiger partial charge on any atom is 0.217 e. The quantitative estimate of drug-likeness (QED) is 0.671. The molecule has 0 amide bonds. The molecule has 0 saturated heterocycles. The van der Waals surface area contributed by atoms with Gasteiger partial charge in [-0.25, -0.2) is 8.42 Å². The maximum absolute atomic E-state index is 13.0. The van der Waals surface area contributed by atoms with Gasteiger partial charge in [-0.3, -0.25) is 9.78 Å². The fourth-order valence-corrected chi connectivity index (χ4v) is 4.66. The third-order valence-electron chi connectivity index (χ3n) is 4.98. The predicted molar refractivity (Wildman–Crippen MR) is 113 cm³/mol. The van der Waals surface area contributed by atoms with Crippen molar-refractivity contribution in [3.05, 3.63) is 66.1 Å². The van der Waals surface area contributed by atoms with Gasteiger partial charge in [0, 0.05) is 29.3 Å². The Labute approximate surface area is 169 Å². The van der Waals surface area contributed by atoms with Crippen molar-refractivity contribution in [3.63, 3.8) is 0 Å². The van der Waals surface area contributed by atoms with Gasteiger partial charge in [0.05, 0.1) is 35.3 Å². The van der Waals surface area contributed by atoms with Crippen LogP contribution in [0.4, 0.5) is 11.4 Å². The predicted octanol–water partition coefficient (Wildman–Crippen LogP) is 3.56. The molecule has 0 atom stereocenters. The summed E-state index contributed by atoms with van der Waals surface area (Å²) >= 11 is 0. The summed E-state index contributed by atoms with van der Waals surface area (Å²) in [7, 11) is -3.54. The summed E-state index contributed by atoms with van der Waals surface area (Å²) in [6, 6.07) is 13.3. The molecule has 2 N–H and O–H groups in total. The number of H-pyrrole nitrogens is 1. The number of fused-ring (bicyclic) bond motifs is 1. The second-order valence-corrected chi connectivity index (χ2v) is 9.73. The van der Waals surface area contributed by atoms with E-state index in [9.17, 15) is 13.2 Å². The minimum atomic E-state index is -3.54. The van der Waals surface area contributed by atoms with Crippen molar-refractivity contribution in [2.24, 2.45) is 0 Å². The molecule has 0 unspecified atom stereocenters. The number of aromatic nitrogens is 2. The number of sulfonamides is 1. The number of ketones is 1. The van der Waals surface area contributed by atoms with Crippen LogP contribution in [0.2, 0.25) is 0 Å². The highest BCUT2D eigenvalue weighted by molar-refractivity contribution is 7.89. The van der Waals surface area contributed by atoms with Crippen LogP contribution in [-0.4, -0.2) is 40.3 Å². The second-order valence-electron chi connectivity index (χ2n) is 7.24. The zero-order chi connectivity index (χ0) is 20.6. The molecule has 0 saturated carbocycles. The normalized spacial score (nSPS) is 14.8. The van der Waals surface area contributed by atoms with Gasteiger partial charge in [0.25, 0.3) is 0 Å². The van der Waals surface area contributed by atoms with Crippen molar-refractivity contribution in [1.29, 1.82) is 0 Å². The van der Waals surface area contributed by atoms with Crippen molar-refractivity contribution < 1.29 is 13.2 Å². The highest BCUT2D eigenvalue weighted by Gasteiger charge is 2.36. The number of nitrogens with one attached hydrogen (secondary N) is 2. The molecule has 1 aliphatic heterocycles. The van der Waals surface area contributed by atoms with E-state index < -0.39 is 15.3 Å². The maximum atomic E-state index is 13.0. The number of carbonyl (C=O) groups is 1. The minimum absolute atomic E-state index is 0.135. The van der Waals surface area contributed by atoms with Gasteiger partial charge >= 0.3 is 0 Å². The number of Topliss-reactive ketones (excluding diaryl/α,β-unsaturated/α-hetero) is 1. The van der Waals surface area contributed by atoms with E-state index in [1.165, 1.54) is 4.31 Å². The monoisotopic (exact) mass is 410 g/mol. The van der Waals surface area contributed by atoms with Gasteiger partial charge in [-0.15, -0.1) is 0 Å². The number of nitrogens with zero attached hydrogens (tertiary/aromatic N) is 2. The van der Waals surface area contributed by atoms with E-state index in [0.29, 0.717) is 16.9 Å². The second kappa shape index (κ2) is 7.46. The highest BCUT2D eigenvalue weighted by atomic mass is 32.2. The number of benzene rings is 1. The van der Waals surface area contributed by atoms with Crippen molar-refractivity contribution in [2.45, 2.75) is 25.6 Å². The van der Waals surface area contributed by atoms with Gasteiger partial charge in [0.15, 0.2) is 5.78 Å². The molecular weight excluding hydrogens is 388 g/mol. The zero-order valence-electron chi connectivity index (χ0n) is 16.2. The summed E-state index contributed by atoms with van der Waals surface area (Å²) in [5.74, 6) is -0.231. The van der Waals surface area contributed by atoms with Crippen LogP contribution in [0.15, 0.2) is 54.9 Å². The lowest BCUT2D eigenvalue weighted by molar-refractivity contribution is 0.0950. The number of hydrogen-bond acceptors (Lipinski definition) is 5. The fourth-order valence-electron chi connectivity index (χ4n) is 3.45. The molecule has 0 radical (unpaired) electrons. The molecular formula is C21H22N4O3S. The van der Waals surface area contributed by atoms with E-state index in [0.717, 1.165) is 16.9 Å². The Bertz CT molecular complexity index is 1140. The van der Waals surface area contributed by atoms with E-state index in [-0.39, 0.29) is 18.9 Å². The molecule has 3 aromatic rings. The van der Waals surface area contributed by atoms with Crippen molar-refractivity contribution >= 4 is 27.2 Å². The van der Waals surface area contributed by atoms with Gasteiger partial charge in [-0.1, -0.05) is 18.2 Å². The highest BCUT2D eigenvalue weighted by Crippen LogP contribution is 2.38. The van der Waals surface area contributed by atoms with Crippen LogP contribution >= 0.6 is 0 Å². The van der Waals surface area contributed by atoms with E-state index in [1.54, 1.807) is 26.2 Å². The summed E-state index contributed by atoms with van der Waals surface area (Å²) < 4.78 is 26.5. The van der Waals surface area contributed by atoms with Crippen LogP contribution in [0, 0.1) is 0 Å². The number of rotatable bonds is 5. The van der Waals surface area contributed by atoms with Crippen LogP contribution in [0.25, 0.3) is 11.3 Å². The van der Waals surface area contributed by atoms with Crippen LogP contribution in [0.1, 0.15) is 29.9 Å². The Kier molecular flexibility index (Phi) is 4.97. The molecule has 1 aliphatic rings. The zero-order valence-corrected chi connectivity index (χ0v) is 17.0. The number of hydrogen-bond donors (Lipinski definition) is 2. The Morgan fingerprint density at radius 3 is 2.41 bits per heavy atom. The molecule has 2 aromatic heterocycles. The number of aromatic amines is 1. The van der Waals surface area contributed by atoms with Crippen LogP contribution in [0.3, 0.4) is 0 Å². The number of para-hydroxylation sites is 1. The molecule has 29 heavy (non-hydrogen) atoms. The third kappa shape index (κ3) is 3.56. The molecule has 4 rings (SSSR count). The summed E-state index contributed by atoms with van der Waals surface area (Å²) in [5, 5.41) is 2.76. The molecule has 8 heteroatoms. The minimum Gasteiger partial charge on any atom is -0.355 e. The Morgan fingerprint density at radius 2 is 1.76 bits per heavy atom. The Hall–Kier alpha value is -2.97. The number of anilines is 2. The number of carbonyl (C=O) groups excluding carboxylic acids is 1. The van der Waals surface area contributed by atoms with Crippen LogP contribution < -0.4 is 5.32 Å². The molecule has 1 aromatic carbocycles. The van der Waals surface area contributed by atoms with E-state index >= 15 is 0 Å². The van der Waals surface area contributed by atoms with E-state index in [1.807, 2.05) is 42.5 Å². The average molecular weight is 410 g/mol. The molecule has 3 heterocycles. The van der Waals surface area contributed by atoms with Crippen LogP contribution in [-0.2, 0) is 16.6 Å². The molecule has 0 aliphatic carbocycles. The summed E-state index contributed by atoms with van der Waals surface area (Å²) in [4.78, 5) is 20.4. The lowest BCUT2D eigenvalue weighted by Gasteiger charge is -2.27. The molecule has 0 bridgehead atoms. The SMILES string of the molecule is CC(C)S(=O)(=O)N1CC(=O)c2c([nH]c(-c3ccncc3)c2Nc2ccccc2)C1. The van der Waals surface area contributed by atoms with Gasteiger partial charge in [-0.2, -0.15) is 4.31 Å². The van der Waals surface area contributed by atoms with Crippen LogP contribution in [0.5, 0.6) is 0 Å². The lowest BCUT2D eigenvalue weighted by atomic mass is 10.0. The van der Waals surface area contributed by atoms with E-state index in [2.05, 4.69) is 15.3 Å². The molecule has 0 spiro atoms. The topological polar surface area (TPSA) is 95.2 Å². The van der Waals surface area contributed by atoms with Gasteiger partial charge < -0.3 is 10.3 Å².